The van der Waals surface area contributed by atoms with Crippen molar-refractivity contribution in [2.45, 2.75) is 11.9 Å². The highest BCUT2D eigenvalue weighted by molar-refractivity contribution is 9.10. The van der Waals surface area contributed by atoms with Crippen LogP contribution in [0.25, 0.3) is 0 Å². The molecule has 0 atom stereocenters. The van der Waals surface area contributed by atoms with Crippen LogP contribution in [0.1, 0.15) is 21.5 Å². The van der Waals surface area contributed by atoms with Crippen LogP contribution in [-0.4, -0.2) is 26.5 Å². The number of carbonyl (C=O) groups excluding carboxylic acids is 1. The lowest BCUT2D eigenvalue weighted by Crippen LogP contribution is -2.45. The van der Waals surface area contributed by atoms with Crippen LogP contribution in [0.4, 0.5) is 13.2 Å². The maximum atomic E-state index is 14.2. The Morgan fingerprint density at radius 2 is 1.70 bits per heavy atom. The van der Waals surface area contributed by atoms with Gasteiger partial charge in [0.1, 0.15) is 33.1 Å². The minimum atomic E-state index is -0.996. The van der Waals surface area contributed by atoms with E-state index in [1.54, 1.807) is 15.7 Å². The van der Waals surface area contributed by atoms with Gasteiger partial charge < -0.3 is 4.90 Å². The molecular weight excluding hydrogens is 369 g/mol. The highest BCUT2D eigenvalue weighted by Gasteiger charge is 2.44. The first kappa shape index (κ1) is 16.2. The fourth-order valence-corrected chi connectivity index (χ4v) is 3.41. The van der Waals surface area contributed by atoms with Crippen molar-refractivity contribution in [1.82, 2.24) is 4.90 Å². The molecule has 0 spiro atoms. The predicted molar refractivity (Wildman–Crippen MR) is 89.1 cm³/mol. The standard InChI is InChI=1S/C15H11B2BrF3NO/c16-15(17)13-8(2-1-3-10(13)19)14(23)22(15)6-9-11(20)4-7(18)5-12(9)21/h1-5H,6,16-17H2. The molecule has 1 aliphatic rings. The van der Waals surface area contributed by atoms with Crippen LogP contribution in [0.15, 0.2) is 34.8 Å². The van der Waals surface area contributed by atoms with Crippen LogP contribution in [0.2, 0.25) is 0 Å². The molecular formula is C15H11B2BrF3NO. The highest BCUT2D eigenvalue weighted by Crippen LogP contribution is 2.38. The van der Waals surface area contributed by atoms with Crippen molar-refractivity contribution in [3.8, 4) is 0 Å². The fourth-order valence-electron chi connectivity index (χ4n) is 3.01. The summed E-state index contributed by atoms with van der Waals surface area (Å²) in [6, 6.07) is 6.53. The minimum absolute atomic E-state index is 0.220. The molecule has 0 fully saturated rings. The number of fused-ring (bicyclic) bond motifs is 1. The lowest BCUT2D eigenvalue weighted by molar-refractivity contribution is 0.0728. The third-order valence-corrected chi connectivity index (χ3v) is 4.66. The highest BCUT2D eigenvalue weighted by atomic mass is 79.9. The van der Waals surface area contributed by atoms with E-state index in [1.807, 2.05) is 0 Å². The fraction of sp³-hybridized carbons (Fsp3) is 0.133. The summed E-state index contributed by atoms with van der Waals surface area (Å²) in [5.41, 5.74) is 0.263. The smallest absolute Gasteiger partial charge is 0.254 e. The number of amides is 1. The zero-order chi connectivity index (χ0) is 16.9. The number of carbonyl (C=O) groups is 1. The Kier molecular flexibility index (Phi) is 3.83. The quantitative estimate of drug-likeness (QED) is 0.730. The van der Waals surface area contributed by atoms with Gasteiger partial charge in [0.05, 0.1) is 6.54 Å². The van der Waals surface area contributed by atoms with E-state index in [0.29, 0.717) is 0 Å². The molecule has 0 unspecified atom stereocenters. The molecule has 1 aliphatic heterocycles. The molecule has 2 aromatic rings. The van der Waals surface area contributed by atoms with E-state index < -0.39 is 28.7 Å². The summed E-state index contributed by atoms with van der Waals surface area (Å²) in [6.07, 6.45) is 0. The molecule has 0 N–H and O–H groups in total. The summed E-state index contributed by atoms with van der Waals surface area (Å²) in [6.45, 7) is -0.273. The average molecular weight is 380 g/mol. The van der Waals surface area contributed by atoms with Gasteiger partial charge in [-0.05, 0) is 24.3 Å². The number of hydrogen-bond donors (Lipinski definition) is 0. The first-order valence-corrected chi connectivity index (χ1v) is 7.77. The summed E-state index contributed by atoms with van der Waals surface area (Å²) >= 11 is 3.02. The van der Waals surface area contributed by atoms with E-state index in [4.69, 9.17) is 0 Å². The molecule has 0 saturated heterocycles. The normalized spacial score (nSPS) is 15.8. The average Bonchev–Trinajstić information content (AvgIpc) is 2.63. The molecule has 8 heteroatoms. The number of nitrogens with zero attached hydrogens (tertiary/aromatic N) is 1. The number of rotatable bonds is 2. The van der Waals surface area contributed by atoms with Crippen LogP contribution in [0.5, 0.6) is 0 Å². The Labute approximate surface area is 141 Å². The molecule has 0 aliphatic carbocycles. The van der Waals surface area contributed by atoms with Crippen molar-refractivity contribution in [2.24, 2.45) is 0 Å². The second-order valence-electron chi connectivity index (χ2n) is 5.96. The Bertz CT molecular complexity index is 805. The summed E-state index contributed by atoms with van der Waals surface area (Å²) in [4.78, 5) is 13.9. The van der Waals surface area contributed by atoms with E-state index in [2.05, 4.69) is 15.9 Å². The zero-order valence-corrected chi connectivity index (χ0v) is 14.0. The van der Waals surface area contributed by atoms with E-state index >= 15 is 0 Å². The Morgan fingerprint density at radius 3 is 2.26 bits per heavy atom. The van der Waals surface area contributed by atoms with Crippen molar-refractivity contribution < 1.29 is 18.0 Å². The summed E-state index contributed by atoms with van der Waals surface area (Å²) in [5.74, 6) is -2.44. The third kappa shape index (κ3) is 2.49. The van der Waals surface area contributed by atoms with Gasteiger partial charge in [0, 0.05) is 26.5 Å². The molecule has 2 nitrogen and oxygen atoms in total. The Morgan fingerprint density at radius 1 is 1.09 bits per heavy atom. The molecule has 1 heterocycles. The second kappa shape index (κ2) is 5.44. The number of halogens is 4. The first-order valence-electron chi connectivity index (χ1n) is 6.98. The van der Waals surface area contributed by atoms with E-state index in [1.165, 1.54) is 23.1 Å². The maximum absolute atomic E-state index is 14.2. The maximum Gasteiger partial charge on any atom is 0.254 e. The SMILES string of the molecule is BC1(B)c2c(F)cccc2C(=O)N1Cc1c(F)cc(Br)cc1F. The summed E-state index contributed by atoms with van der Waals surface area (Å²) in [7, 11) is 3.32. The molecule has 1 amide bonds. The van der Waals surface area contributed by atoms with Gasteiger partial charge >= 0.3 is 0 Å². The van der Waals surface area contributed by atoms with E-state index in [9.17, 15) is 18.0 Å². The van der Waals surface area contributed by atoms with Gasteiger partial charge in [-0.15, -0.1) is 0 Å². The van der Waals surface area contributed by atoms with Crippen LogP contribution >= 0.6 is 15.9 Å². The Balaban J connectivity index is 2.06. The molecule has 2 aromatic carbocycles. The molecule has 0 aromatic heterocycles. The molecule has 0 radical (unpaired) electrons. The van der Waals surface area contributed by atoms with Crippen molar-refractivity contribution >= 4 is 37.5 Å². The monoisotopic (exact) mass is 379 g/mol. The number of benzene rings is 2. The van der Waals surface area contributed by atoms with Gasteiger partial charge in [-0.1, -0.05) is 22.0 Å². The number of hydrogen-bond acceptors (Lipinski definition) is 1. The van der Waals surface area contributed by atoms with Crippen molar-refractivity contribution in [1.29, 1.82) is 0 Å². The largest absolute Gasteiger partial charge is 0.340 e. The molecule has 0 bridgehead atoms. The van der Waals surface area contributed by atoms with Crippen LogP contribution in [0.3, 0.4) is 0 Å². The van der Waals surface area contributed by atoms with Gasteiger partial charge in [-0.25, -0.2) is 13.2 Å². The molecule has 3 rings (SSSR count). The summed E-state index contributed by atoms with van der Waals surface area (Å²) in [5, 5.41) is -0.996. The van der Waals surface area contributed by atoms with Gasteiger partial charge in [-0.2, -0.15) is 0 Å². The van der Waals surface area contributed by atoms with Crippen molar-refractivity contribution in [2.75, 3.05) is 0 Å². The first-order chi connectivity index (χ1) is 10.7. The second-order valence-corrected chi connectivity index (χ2v) is 6.88. The van der Waals surface area contributed by atoms with E-state index in [0.717, 1.165) is 12.1 Å². The lowest BCUT2D eigenvalue weighted by Gasteiger charge is -2.33. The van der Waals surface area contributed by atoms with Gasteiger partial charge in [0.25, 0.3) is 5.91 Å². The van der Waals surface area contributed by atoms with Crippen molar-refractivity contribution in [3.05, 3.63) is 68.9 Å². The van der Waals surface area contributed by atoms with Gasteiger partial charge in [0.15, 0.2) is 0 Å². The van der Waals surface area contributed by atoms with Crippen molar-refractivity contribution in [3.63, 3.8) is 0 Å². The minimum Gasteiger partial charge on any atom is -0.340 e. The Hall–Kier alpha value is -1.69. The van der Waals surface area contributed by atoms with Gasteiger partial charge in [0.2, 0.25) is 0 Å². The van der Waals surface area contributed by atoms with Crippen LogP contribution in [0, 0.1) is 17.5 Å². The van der Waals surface area contributed by atoms with Gasteiger partial charge in [-0.3, -0.25) is 4.79 Å². The topological polar surface area (TPSA) is 20.3 Å². The third-order valence-electron chi connectivity index (χ3n) is 4.20. The lowest BCUT2D eigenvalue weighted by atomic mass is 9.58. The molecule has 23 heavy (non-hydrogen) atoms. The molecule has 116 valence electrons. The van der Waals surface area contributed by atoms with Crippen LogP contribution in [-0.2, 0) is 11.9 Å². The predicted octanol–water partition coefficient (Wildman–Crippen LogP) is 1.90. The summed E-state index contributed by atoms with van der Waals surface area (Å²) < 4.78 is 42.6. The van der Waals surface area contributed by atoms with Crippen LogP contribution < -0.4 is 0 Å². The zero-order valence-electron chi connectivity index (χ0n) is 12.5. The molecule has 0 saturated carbocycles. The van der Waals surface area contributed by atoms with E-state index in [-0.39, 0.29) is 27.7 Å².